The van der Waals surface area contributed by atoms with Crippen LogP contribution in [0.5, 0.6) is 17.2 Å². The Morgan fingerprint density at radius 1 is 0.800 bits per heavy atom. The molecule has 0 aromatic heterocycles. The minimum atomic E-state index is -0.428. The smallest absolute Gasteiger partial charge is 0.343 e. The molecular formula is C24H28O6. The minimum absolute atomic E-state index is 0.384. The monoisotopic (exact) mass is 412 g/mol. The molecule has 0 aliphatic carbocycles. The molecule has 0 saturated heterocycles. The van der Waals surface area contributed by atoms with Gasteiger partial charge in [0.25, 0.3) is 0 Å². The Kier molecular flexibility index (Phi) is 10.00. The fourth-order valence-corrected chi connectivity index (χ4v) is 2.60. The fourth-order valence-electron chi connectivity index (χ4n) is 2.60. The van der Waals surface area contributed by atoms with E-state index >= 15 is 0 Å². The van der Waals surface area contributed by atoms with E-state index in [9.17, 15) is 9.59 Å². The molecule has 0 spiro atoms. The molecule has 6 heteroatoms. The van der Waals surface area contributed by atoms with Crippen LogP contribution in [0, 0.1) is 0 Å². The lowest BCUT2D eigenvalue weighted by molar-refractivity contribution is -0.137. The van der Waals surface area contributed by atoms with E-state index < -0.39 is 5.97 Å². The standard InChI is InChI=1S/C24H28O6/c1-3-23(25)29-18-8-6-5-7-17-28-21-11-9-19(10-12-21)24(26)30-22-15-13-20(14-16-22)27-4-2/h3,9-16H,1,4-8,17-18H2,2H3. The van der Waals surface area contributed by atoms with Crippen molar-refractivity contribution in [1.82, 2.24) is 0 Å². The Morgan fingerprint density at radius 3 is 2.00 bits per heavy atom. The first-order chi connectivity index (χ1) is 14.6. The number of benzene rings is 2. The molecule has 160 valence electrons. The molecule has 30 heavy (non-hydrogen) atoms. The van der Waals surface area contributed by atoms with Gasteiger partial charge in [0.15, 0.2) is 0 Å². The zero-order chi connectivity index (χ0) is 21.6. The summed E-state index contributed by atoms with van der Waals surface area (Å²) in [6.45, 7) is 6.85. The van der Waals surface area contributed by atoms with Crippen LogP contribution in [0.4, 0.5) is 0 Å². The summed E-state index contributed by atoms with van der Waals surface area (Å²) in [5.41, 5.74) is 0.449. The lowest BCUT2D eigenvalue weighted by Gasteiger charge is -2.08. The van der Waals surface area contributed by atoms with Gasteiger partial charge in [-0.05, 0) is 81.1 Å². The first kappa shape index (κ1) is 23.0. The summed E-state index contributed by atoms with van der Waals surface area (Å²) in [5.74, 6) is 1.08. The summed E-state index contributed by atoms with van der Waals surface area (Å²) < 4.78 is 21.3. The number of hydrogen-bond donors (Lipinski definition) is 0. The van der Waals surface area contributed by atoms with Gasteiger partial charge in [-0.15, -0.1) is 0 Å². The van der Waals surface area contributed by atoms with Gasteiger partial charge in [0.1, 0.15) is 17.2 Å². The zero-order valence-electron chi connectivity index (χ0n) is 17.3. The maximum Gasteiger partial charge on any atom is 0.343 e. The number of carbonyl (C=O) groups is 2. The third kappa shape index (κ3) is 8.39. The Bertz CT molecular complexity index is 795. The fraction of sp³-hybridized carbons (Fsp3) is 0.333. The minimum Gasteiger partial charge on any atom is -0.494 e. The maximum absolute atomic E-state index is 12.3. The van der Waals surface area contributed by atoms with Crippen LogP contribution in [0.2, 0.25) is 0 Å². The first-order valence-electron chi connectivity index (χ1n) is 10.1. The average molecular weight is 412 g/mol. The summed E-state index contributed by atoms with van der Waals surface area (Å²) in [7, 11) is 0. The molecule has 0 heterocycles. The van der Waals surface area contributed by atoms with Crippen LogP contribution in [0.15, 0.2) is 61.2 Å². The quantitative estimate of drug-likeness (QED) is 0.200. The van der Waals surface area contributed by atoms with E-state index in [0.29, 0.717) is 36.9 Å². The van der Waals surface area contributed by atoms with Gasteiger partial charge >= 0.3 is 11.9 Å². The van der Waals surface area contributed by atoms with E-state index in [1.165, 1.54) is 6.08 Å². The summed E-state index contributed by atoms with van der Waals surface area (Å²) >= 11 is 0. The molecule has 0 aliphatic rings. The van der Waals surface area contributed by atoms with Gasteiger partial charge < -0.3 is 18.9 Å². The molecule has 0 fully saturated rings. The topological polar surface area (TPSA) is 71.1 Å². The lowest BCUT2D eigenvalue weighted by atomic mass is 10.2. The third-order valence-electron chi connectivity index (χ3n) is 4.15. The third-order valence-corrected chi connectivity index (χ3v) is 4.15. The highest BCUT2D eigenvalue weighted by molar-refractivity contribution is 5.91. The molecule has 0 bridgehead atoms. The molecule has 0 N–H and O–H groups in total. The SMILES string of the molecule is C=CC(=O)OCCCCCCOc1ccc(C(=O)Oc2ccc(OCC)cc2)cc1. The van der Waals surface area contributed by atoms with Gasteiger partial charge in [0.2, 0.25) is 0 Å². The Hall–Kier alpha value is -3.28. The molecule has 0 atom stereocenters. The first-order valence-corrected chi connectivity index (χ1v) is 10.1. The largest absolute Gasteiger partial charge is 0.494 e. The van der Waals surface area contributed by atoms with E-state index in [2.05, 4.69) is 6.58 Å². The molecule has 0 amide bonds. The van der Waals surface area contributed by atoms with E-state index in [0.717, 1.165) is 31.4 Å². The van der Waals surface area contributed by atoms with Crippen LogP contribution in [-0.2, 0) is 9.53 Å². The highest BCUT2D eigenvalue weighted by Crippen LogP contribution is 2.20. The van der Waals surface area contributed by atoms with Crippen LogP contribution < -0.4 is 14.2 Å². The van der Waals surface area contributed by atoms with Crippen LogP contribution >= 0.6 is 0 Å². The van der Waals surface area contributed by atoms with Gasteiger partial charge in [-0.2, -0.15) is 0 Å². The van der Waals surface area contributed by atoms with Crippen molar-refractivity contribution >= 4 is 11.9 Å². The second-order valence-corrected chi connectivity index (χ2v) is 6.45. The van der Waals surface area contributed by atoms with Crippen molar-refractivity contribution in [1.29, 1.82) is 0 Å². The summed E-state index contributed by atoms with van der Waals surface area (Å²) in [6.07, 6.45) is 4.84. The second kappa shape index (κ2) is 13.0. The molecule has 0 aliphatic heterocycles. The lowest BCUT2D eigenvalue weighted by Crippen LogP contribution is -2.08. The predicted molar refractivity (Wildman–Crippen MR) is 114 cm³/mol. The van der Waals surface area contributed by atoms with Crippen molar-refractivity contribution in [2.24, 2.45) is 0 Å². The van der Waals surface area contributed by atoms with Crippen LogP contribution in [0.3, 0.4) is 0 Å². The van der Waals surface area contributed by atoms with Crippen molar-refractivity contribution in [3.8, 4) is 17.2 Å². The number of ether oxygens (including phenoxy) is 4. The van der Waals surface area contributed by atoms with E-state index in [1.807, 2.05) is 6.92 Å². The van der Waals surface area contributed by atoms with Crippen molar-refractivity contribution in [2.45, 2.75) is 32.6 Å². The van der Waals surface area contributed by atoms with Gasteiger partial charge in [0, 0.05) is 6.08 Å². The van der Waals surface area contributed by atoms with Gasteiger partial charge in [-0.1, -0.05) is 6.58 Å². The zero-order valence-corrected chi connectivity index (χ0v) is 17.3. The van der Waals surface area contributed by atoms with Gasteiger partial charge in [0.05, 0.1) is 25.4 Å². The number of carbonyl (C=O) groups excluding carboxylic acids is 2. The van der Waals surface area contributed by atoms with Gasteiger partial charge in [-0.25, -0.2) is 9.59 Å². The molecule has 0 unspecified atom stereocenters. The molecule has 0 radical (unpaired) electrons. The molecular weight excluding hydrogens is 384 g/mol. The predicted octanol–water partition coefficient (Wildman–Crippen LogP) is 4.97. The number of hydrogen-bond acceptors (Lipinski definition) is 6. The molecule has 0 saturated carbocycles. The Morgan fingerprint density at radius 2 is 1.37 bits per heavy atom. The van der Waals surface area contributed by atoms with Crippen LogP contribution in [-0.4, -0.2) is 31.8 Å². The maximum atomic E-state index is 12.3. The normalized spacial score (nSPS) is 10.2. The second-order valence-electron chi connectivity index (χ2n) is 6.45. The Labute approximate surface area is 177 Å². The Balaban J connectivity index is 1.66. The van der Waals surface area contributed by atoms with Crippen molar-refractivity contribution in [3.63, 3.8) is 0 Å². The van der Waals surface area contributed by atoms with Crippen molar-refractivity contribution in [2.75, 3.05) is 19.8 Å². The highest BCUT2D eigenvalue weighted by atomic mass is 16.5. The number of rotatable bonds is 13. The summed E-state index contributed by atoms with van der Waals surface area (Å²) in [6, 6.07) is 13.8. The summed E-state index contributed by atoms with van der Waals surface area (Å²) in [5, 5.41) is 0. The molecule has 2 rings (SSSR count). The van der Waals surface area contributed by atoms with Crippen molar-refractivity contribution in [3.05, 3.63) is 66.7 Å². The van der Waals surface area contributed by atoms with Crippen LogP contribution in [0.1, 0.15) is 43.0 Å². The van der Waals surface area contributed by atoms with Gasteiger partial charge in [-0.3, -0.25) is 0 Å². The average Bonchev–Trinajstić information content (AvgIpc) is 2.77. The highest BCUT2D eigenvalue weighted by Gasteiger charge is 2.09. The van der Waals surface area contributed by atoms with E-state index in [1.54, 1.807) is 48.5 Å². The van der Waals surface area contributed by atoms with Crippen LogP contribution in [0.25, 0.3) is 0 Å². The number of esters is 2. The molecule has 2 aromatic carbocycles. The molecule has 6 nitrogen and oxygen atoms in total. The van der Waals surface area contributed by atoms with E-state index in [-0.39, 0.29) is 5.97 Å². The number of unbranched alkanes of at least 4 members (excludes halogenated alkanes) is 3. The van der Waals surface area contributed by atoms with Crippen molar-refractivity contribution < 1.29 is 28.5 Å². The molecule has 2 aromatic rings. The van der Waals surface area contributed by atoms with E-state index in [4.69, 9.17) is 18.9 Å². The summed E-state index contributed by atoms with van der Waals surface area (Å²) in [4.78, 5) is 23.2.